The lowest BCUT2D eigenvalue weighted by molar-refractivity contribution is -0.143. The molecule has 4 amide bonds. The van der Waals surface area contributed by atoms with Gasteiger partial charge in [-0.1, -0.05) is 74.1 Å². The third-order valence-electron chi connectivity index (χ3n) is 11.0. The van der Waals surface area contributed by atoms with Crippen LogP contribution in [0.5, 0.6) is 0 Å². The number of aryl methyl sites for hydroxylation is 2. The third kappa shape index (κ3) is 12.9. The van der Waals surface area contributed by atoms with Gasteiger partial charge in [0.2, 0.25) is 23.5 Å². The van der Waals surface area contributed by atoms with Crippen LogP contribution in [0.15, 0.2) is 42.5 Å². The molecule has 14 nitrogen and oxygen atoms in total. The van der Waals surface area contributed by atoms with Crippen LogP contribution < -0.4 is 16.4 Å². The minimum Gasteiger partial charge on any atom is -0.478 e. The number of hydrogen-bond donors (Lipinski definition) is 4. The second kappa shape index (κ2) is 20.6. The van der Waals surface area contributed by atoms with Crippen LogP contribution in [0, 0.1) is 25.7 Å². The van der Waals surface area contributed by atoms with Gasteiger partial charge < -0.3 is 31.1 Å². The number of amides is 4. The lowest BCUT2D eigenvalue weighted by Gasteiger charge is -2.35. The van der Waals surface area contributed by atoms with E-state index in [0.717, 1.165) is 30.4 Å². The number of aromatic carboxylic acids is 1. The molecule has 5 atom stereocenters. The topological polar surface area (TPSA) is 219 Å². The highest BCUT2D eigenvalue weighted by atomic mass is 16.5. The predicted octanol–water partition coefficient (Wildman–Crippen LogP) is 5.10. The summed E-state index contributed by atoms with van der Waals surface area (Å²) in [5.41, 5.74) is 6.92. The van der Waals surface area contributed by atoms with Crippen molar-refractivity contribution in [1.29, 1.82) is 0 Å². The van der Waals surface area contributed by atoms with Crippen LogP contribution in [-0.4, -0.2) is 87.3 Å². The van der Waals surface area contributed by atoms with Crippen LogP contribution in [-0.2, 0) is 33.5 Å². The number of likely N-dealkylation sites (tertiary alicyclic amines) is 1. The van der Waals surface area contributed by atoms with E-state index in [-0.39, 0.29) is 49.3 Å². The number of primary amides is 1. The number of carboxylic acid groups (broad SMARTS) is 1. The predicted molar refractivity (Wildman–Crippen MR) is 219 cm³/mol. The molecule has 2 aliphatic rings. The Kier molecular flexibility index (Phi) is 16.2. The summed E-state index contributed by atoms with van der Waals surface area (Å²) >= 11 is 0. The van der Waals surface area contributed by atoms with Gasteiger partial charge in [0, 0.05) is 38.1 Å². The molecule has 2 aromatic carbocycles. The number of carbonyl (C=O) groups excluding carboxylic acids is 7. The van der Waals surface area contributed by atoms with Gasteiger partial charge in [-0.3, -0.25) is 33.6 Å². The van der Waals surface area contributed by atoms with E-state index in [0.29, 0.717) is 24.8 Å². The summed E-state index contributed by atoms with van der Waals surface area (Å²) in [7, 11) is 0. The molecule has 0 bridgehead atoms. The fourth-order valence-electron chi connectivity index (χ4n) is 8.41. The van der Waals surface area contributed by atoms with Crippen LogP contribution in [0.3, 0.4) is 0 Å². The zero-order valence-electron chi connectivity index (χ0n) is 35.1. The summed E-state index contributed by atoms with van der Waals surface area (Å²) in [5, 5.41) is 15.2. The first-order valence-corrected chi connectivity index (χ1v) is 20.7. The molecule has 59 heavy (non-hydrogen) atoms. The van der Waals surface area contributed by atoms with Gasteiger partial charge in [0.25, 0.3) is 5.91 Å². The standard InChI is InChI=1S/C45H60N4O10/c1-7-13-29(40(53)35(50)18-19-37(52)47-38(41(46)54)30-21-26(2)20-27(3)22-30)23-36(51)34-24-31(59-45(4,5)6)25-49(34)43(56)39(28-14-9-8-10-15-28)48-42(55)32-16-11-12-17-33(32)44(57)58/h11-12,16-17,20-22,28-29,31,34,38-39H,7-10,13-15,18-19,23-25H2,1-6H3,(H2,46,54)(H,47,52)(H,48,55)(H,57,58)/t29?,31-,34+,38?,39+/m1/s1. The van der Waals surface area contributed by atoms with Crippen molar-refractivity contribution < 1.29 is 48.2 Å². The molecule has 5 N–H and O–H groups in total. The van der Waals surface area contributed by atoms with Crippen molar-refractivity contribution >= 4 is 46.9 Å². The molecule has 320 valence electrons. The number of rotatable bonds is 19. The Hall–Kier alpha value is -5.24. The maximum absolute atomic E-state index is 14.7. The van der Waals surface area contributed by atoms with E-state index in [1.165, 1.54) is 23.1 Å². The molecule has 0 aromatic heterocycles. The number of ketones is 3. The van der Waals surface area contributed by atoms with Gasteiger partial charge in [0.15, 0.2) is 11.6 Å². The fraction of sp³-hybridized carbons (Fsp3) is 0.556. The van der Waals surface area contributed by atoms with Crippen molar-refractivity contribution in [3.63, 3.8) is 0 Å². The Balaban J connectivity index is 1.52. The molecule has 0 spiro atoms. The van der Waals surface area contributed by atoms with E-state index in [1.807, 2.05) is 47.6 Å². The summed E-state index contributed by atoms with van der Waals surface area (Å²) < 4.78 is 6.27. The quantitative estimate of drug-likeness (QED) is 0.138. The first kappa shape index (κ1) is 46.4. The molecular weight excluding hydrogens is 757 g/mol. The highest BCUT2D eigenvalue weighted by Crippen LogP contribution is 2.33. The summed E-state index contributed by atoms with van der Waals surface area (Å²) in [5.74, 6) is -7.24. The van der Waals surface area contributed by atoms with Gasteiger partial charge in [-0.25, -0.2) is 4.79 Å². The summed E-state index contributed by atoms with van der Waals surface area (Å²) in [4.78, 5) is 108. The van der Waals surface area contributed by atoms with Crippen molar-refractivity contribution in [2.24, 2.45) is 17.6 Å². The smallest absolute Gasteiger partial charge is 0.336 e. The Morgan fingerprint density at radius 3 is 2.10 bits per heavy atom. The molecule has 1 aliphatic carbocycles. The zero-order chi connectivity index (χ0) is 43.6. The number of carboxylic acids is 1. The number of carbonyl (C=O) groups is 8. The monoisotopic (exact) mass is 816 g/mol. The fourth-order valence-corrected chi connectivity index (χ4v) is 8.41. The summed E-state index contributed by atoms with van der Waals surface area (Å²) in [6.07, 6.45) is 3.06. The summed E-state index contributed by atoms with van der Waals surface area (Å²) in [6, 6.07) is 7.92. The van der Waals surface area contributed by atoms with E-state index in [1.54, 1.807) is 18.2 Å². The van der Waals surface area contributed by atoms with Gasteiger partial charge in [-0.2, -0.15) is 0 Å². The number of hydrogen-bond acceptors (Lipinski definition) is 9. The molecule has 2 aromatic rings. The normalized spacial score (nSPS) is 18.6. The minimum atomic E-state index is -1.29. The average Bonchev–Trinajstić information content (AvgIpc) is 3.59. The summed E-state index contributed by atoms with van der Waals surface area (Å²) in [6.45, 7) is 11.1. The van der Waals surface area contributed by atoms with Gasteiger partial charge >= 0.3 is 5.97 Å². The van der Waals surface area contributed by atoms with Crippen molar-refractivity contribution in [2.75, 3.05) is 6.54 Å². The van der Waals surface area contributed by atoms with Crippen LogP contribution in [0.1, 0.15) is 142 Å². The number of ether oxygens (including phenoxy) is 1. The Bertz CT molecular complexity index is 1890. The maximum atomic E-state index is 14.7. The number of nitrogens with one attached hydrogen (secondary N) is 2. The highest BCUT2D eigenvalue weighted by molar-refractivity contribution is 6.38. The van der Waals surface area contributed by atoms with E-state index in [2.05, 4.69) is 10.6 Å². The van der Waals surface area contributed by atoms with Crippen LogP contribution in [0.25, 0.3) is 0 Å². The lowest BCUT2D eigenvalue weighted by Crippen LogP contribution is -2.55. The van der Waals surface area contributed by atoms with E-state index < -0.39 is 89.1 Å². The molecule has 2 unspecified atom stereocenters. The van der Waals surface area contributed by atoms with Gasteiger partial charge in [0.1, 0.15) is 12.1 Å². The SMILES string of the molecule is CCCC(CC(=O)[C@@H]1C[C@@H](OC(C)(C)C)CN1C(=O)[C@@H](NC(=O)c1ccccc1C(=O)O)C1CCCCC1)C(=O)C(=O)CCC(=O)NC(C(N)=O)c1cc(C)cc(C)c1. The Morgan fingerprint density at radius 2 is 1.53 bits per heavy atom. The van der Waals surface area contributed by atoms with Crippen molar-refractivity contribution in [2.45, 2.75) is 142 Å². The van der Waals surface area contributed by atoms with Crippen molar-refractivity contribution in [3.05, 3.63) is 70.3 Å². The van der Waals surface area contributed by atoms with E-state index in [4.69, 9.17) is 10.5 Å². The Morgan fingerprint density at radius 1 is 0.898 bits per heavy atom. The van der Waals surface area contributed by atoms with E-state index in [9.17, 15) is 43.5 Å². The molecule has 2 fully saturated rings. The molecule has 14 heteroatoms. The van der Waals surface area contributed by atoms with Crippen LogP contribution in [0.4, 0.5) is 0 Å². The highest BCUT2D eigenvalue weighted by Gasteiger charge is 2.46. The number of nitrogens with two attached hydrogens (primary N) is 1. The van der Waals surface area contributed by atoms with Gasteiger partial charge in [-0.05, 0) is 77.5 Å². The number of nitrogens with zero attached hydrogens (tertiary/aromatic N) is 1. The van der Waals surface area contributed by atoms with Gasteiger partial charge in [0.05, 0.1) is 28.9 Å². The van der Waals surface area contributed by atoms with Crippen LogP contribution in [0.2, 0.25) is 0 Å². The number of Topliss-reactive ketones (excluding diaryl/α,β-unsaturated/α-hetero) is 3. The molecule has 4 rings (SSSR count). The lowest BCUT2D eigenvalue weighted by atomic mass is 9.82. The molecule has 1 saturated carbocycles. The molecule has 1 saturated heterocycles. The maximum Gasteiger partial charge on any atom is 0.336 e. The Labute approximate surface area is 346 Å². The third-order valence-corrected chi connectivity index (χ3v) is 11.0. The second-order valence-electron chi connectivity index (χ2n) is 17.1. The largest absolute Gasteiger partial charge is 0.478 e. The second-order valence-corrected chi connectivity index (χ2v) is 17.1. The minimum absolute atomic E-state index is 0.0478. The van der Waals surface area contributed by atoms with Crippen molar-refractivity contribution in [3.8, 4) is 0 Å². The van der Waals surface area contributed by atoms with Crippen LogP contribution >= 0.6 is 0 Å². The number of benzene rings is 2. The molecule has 1 heterocycles. The van der Waals surface area contributed by atoms with Crippen molar-refractivity contribution in [1.82, 2.24) is 15.5 Å². The van der Waals surface area contributed by atoms with E-state index >= 15 is 0 Å². The average molecular weight is 817 g/mol. The van der Waals surface area contributed by atoms with Gasteiger partial charge in [-0.15, -0.1) is 0 Å². The molecule has 1 aliphatic heterocycles. The molecule has 0 radical (unpaired) electrons. The first-order valence-electron chi connectivity index (χ1n) is 20.7. The molecular formula is C45H60N4O10. The zero-order valence-corrected chi connectivity index (χ0v) is 35.1. The first-order chi connectivity index (χ1) is 27.8.